The molecule has 1 atom stereocenters. The standard InChI is InChI=1S/C15H15ClIN3O/c16-12-8-10(3-4-13(12)17)15(21)20-7-1-2-11(9-20)14-5-6-18-19-14/h3-6,8,11H,1-2,7,9H2,(H,18,19). The minimum atomic E-state index is 0.0533. The van der Waals surface area contributed by atoms with Crippen molar-refractivity contribution in [2.45, 2.75) is 18.8 Å². The van der Waals surface area contributed by atoms with Crippen LogP contribution in [0.4, 0.5) is 0 Å². The zero-order valence-electron chi connectivity index (χ0n) is 11.4. The second-order valence-electron chi connectivity index (χ2n) is 5.23. The Bertz CT molecular complexity index is 644. The van der Waals surface area contributed by atoms with Gasteiger partial charge < -0.3 is 4.90 Å². The molecule has 0 saturated carbocycles. The molecule has 2 aromatic rings. The molecule has 110 valence electrons. The molecular formula is C15H15ClIN3O. The summed E-state index contributed by atoms with van der Waals surface area (Å²) in [6, 6.07) is 7.47. The zero-order chi connectivity index (χ0) is 14.8. The van der Waals surface area contributed by atoms with Gasteiger partial charge in [0.1, 0.15) is 0 Å². The highest BCUT2D eigenvalue weighted by atomic mass is 127. The highest BCUT2D eigenvalue weighted by Gasteiger charge is 2.26. The number of nitrogens with one attached hydrogen (secondary N) is 1. The van der Waals surface area contributed by atoms with Gasteiger partial charge in [0.2, 0.25) is 0 Å². The van der Waals surface area contributed by atoms with Gasteiger partial charge in [-0.1, -0.05) is 11.6 Å². The molecule has 1 aromatic heterocycles. The predicted molar refractivity (Wildman–Crippen MR) is 90.6 cm³/mol. The van der Waals surface area contributed by atoms with Crippen molar-refractivity contribution in [1.29, 1.82) is 0 Å². The van der Waals surface area contributed by atoms with E-state index in [9.17, 15) is 4.79 Å². The number of carbonyl (C=O) groups is 1. The fraction of sp³-hybridized carbons (Fsp3) is 0.333. The first-order valence-corrected chi connectivity index (χ1v) is 8.34. The number of hydrogen-bond acceptors (Lipinski definition) is 2. The van der Waals surface area contributed by atoms with Crippen LogP contribution in [0.3, 0.4) is 0 Å². The molecular weight excluding hydrogens is 401 g/mol. The molecule has 1 aliphatic rings. The Hall–Kier alpha value is -1.08. The van der Waals surface area contributed by atoms with Crippen LogP contribution in [0.2, 0.25) is 5.02 Å². The summed E-state index contributed by atoms with van der Waals surface area (Å²) in [5.41, 5.74) is 1.76. The Kier molecular flexibility index (Phi) is 4.49. The summed E-state index contributed by atoms with van der Waals surface area (Å²) in [6.07, 6.45) is 3.85. The lowest BCUT2D eigenvalue weighted by molar-refractivity contribution is 0.0706. The van der Waals surface area contributed by atoms with Crippen LogP contribution in [-0.4, -0.2) is 34.1 Å². The largest absolute Gasteiger partial charge is 0.338 e. The van der Waals surface area contributed by atoms with Gasteiger partial charge in [0, 0.05) is 40.0 Å². The van der Waals surface area contributed by atoms with E-state index in [-0.39, 0.29) is 5.91 Å². The van der Waals surface area contributed by atoms with Crippen molar-refractivity contribution in [2.24, 2.45) is 0 Å². The molecule has 4 nitrogen and oxygen atoms in total. The van der Waals surface area contributed by atoms with Crippen molar-refractivity contribution in [3.63, 3.8) is 0 Å². The number of hydrogen-bond donors (Lipinski definition) is 1. The van der Waals surface area contributed by atoms with E-state index < -0.39 is 0 Å². The first-order valence-electron chi connectivity index (χ1n) is 6.89. The molecule has 1 amide bonds. The molecule has 1 aromatic carbocycles. The normalized spacial score (nSPS) is 18.8. The molecule has 6 heteroatoms. The number of carbonyl (C=O) groups excluding carboxylic acids is 1. The molecule has 0 aliphatic carbocycles. The smallest absolute Gasteiger partial charge is 0.253 e. The number of benzene rings is 1. The molecule has 1 fully saturated rings. The van der Waals surface area contributed by atoms with E-state index >= 15 is 0 Å². The quantitative estimate of drug-likeness (QED) is 0.761. The topological polar surface area (TPSA) is 49.0 Å². The fourth-order valence-electron chi connectivity index (χ4n) is 2.72. The van der Waals surface area contributed by atoms with Crippen LogP contribution < -0.4 is 0 Å². The number of amides is 1. The lowest BCUT2D eigenvalue weighted by Crippen LogP contribution is -2.39. The highest BCUT2D eigenvalue weighted by molar-refractivity contribution is 14.1. The van der Waals surface area contributed by atoms with Gasteiger partial charge in [-0.05, 0) is 59.7 Å². The van der Waals surface area contributed by atoms with E-state index in [4.69, 9.17) is 11.6 Å². The van der Waals surface area contributed by atoms with Crippen molar-refractivity contribution in [3.05, 3.63) is 50.3 Å². The summed E-state index contributed by atoms with van der Waals surface area (Å²) < 4.78 is 0.958. The Morgan fingerprint density at radius 1 is 1.43 bits per heavy atom. The number of likely N-dealkylation sites (tertiary alicyclic amines) is 1. The number of aromatic nitrogens is 2. The molecule has 1 saturated heterocycles. The number of H-pyrrole nitrogens is 1. The van der Waals surface area contributed by atoms with Crippen LogP contribution >= 0.6 is 34.2 Å². The summed E-state index contributed by atoms with van der Waals surface area (Å²) in [5, 5.41) is 7.64. The third-order valence-corrected chi connectivity index (χ3v) is 5.41. The second-order valence-corrected chi connectivity index (χ2v) is 6.80. The molecule has 0 radical (unpaired) electrons. The molecule has 2 heterocycles. The molecule has 1 aliphatic heterocycles. The SMILES string of the molecule is O=C(c1ccc(I)c(Cl)c1)N1CCCC(c2ccn[nH]2)C1. The average Bonchev–Trinajstić information content (AvgIpc) is 3.04. The molecule has 21 heavy (non-hydrogen) atoms. The third-order valence-electron chi connectivity index (χ3n) is 3.84. The van der Waals surface area contributed by atoms with Crippen molar-refractivity contribution < 1.29 is 4.79 Å². The summed E-state index contributed by atoms with van der Waals surface area (Å²) in [4.78, 5) is 14.5. The van der Waals surface area contributed by atoms with Crippen molar-refractivity contribution >= 4 is 40.1 Å². The van der Waals surface area contributed by atoms with Gasteiger partial charge in [-0.3, -0.25) is 9.89 Å². The third kappa shape index (κ3) is 3.23. The van der Waals surface area contributed by atoms with Crippen molar-refractivity contribution in [3.8, 4) is 0 Å². The van der Waals surface area contributed by atoms with Crippen LogP contribution in [-0.2, 0) is 0 Å². The Balaban J connectivity index is 1.76. The minimum absolute atomic E-state index is 0.0533. The predicted octanol–water partition coefficient (Wildman–Crippen LogP) is 3.69. The molecule has 3 rings (SSSR count). The number of halogens is 2. The van der Waals surface area contributed by atoms with Gasteiger partial charge >= 0.3 is 0 Å². The van der Waals surface area contributed by atoms with Gasteiger partial charge in [0.05, 0.1) is 5.02 Å². The summed E-state index contributed by atoms with van der Waals surface area (Å²) in [7, 11) is 0. The average molecular weight is 416 g/mol. The van der Waals surface area contributed by atoms with Gasteiger partial charge in [-0.25, -0.2) is 0 Å². The summed E-state index contributed by atoms with van der Waals surface area (Å²) >= 11 is 8.28. The molecule has 0 bridgehead atoms. The maximum atomic E-state index is 12.6. The van der Waals surface area contributed by atoms with Crippen LogP contribution in [0.25, 0.3) is 0 Å². The molecule has 1 N–H and O–H groups in total. The number of rotatable bonds is 2. The van der Waals surface area contributed by atoms with Crippen LogP contribution in [0.1, 0.15) is 34.8 Å². The van der Waals surface area contributed by atoms with Gasteiger partial charge in [0.25, 0.3) is 5.91 Å². The lowest BCUT2D eigenvalue weighted by Gasteiger charge is -2.32. The van der Waals surface area contributed by atoms with Crippen LogP contribution in [0.15, 0.2) is 30.5 Å². The van der Waals surface area contributed by atoms with E-state index in [1.54, 1.807) is 12.3 Å². The second kappa shape index (κ2) is 6.36. The van der Waals surface area contributed by atoms with E-state index in [1.807, 2.05) is 23.1 Å². The monoisotopic (exact) mass is 415 g/mol. The fourth-order valence-corrected chi connectivity index (χ4v) is 3.24. The van der Waals surface area contributed by atoms with E-state index in [2.05, 4.69) is 32.8 Å². The number of aromatic amines is 1. The molecule has 0 spiro atoms. The Labute approximate surface area is 142 Å². The number of nitrogens with zero attached hydrogens (tertiary/aromatic N) is 2. The van der Waals surface area contributed by atoms with Crippen molar-refractivity contribution in [1.82, 2.24) is 15.1 Å². The zero-order valence-corrected chi connectivity index (χ0v) is 14.3. The van der Waals surface area contributed by atoms with E-state index in [0.29, 0.717) is 16.5 Å². The van der Waals surface area contributed by atoms with Crippen LogP contribution in [0.5, 0.6) is 0 Å². The van der Waals surface area contributed by atoms with Crippen LogP contribution in [0, 0.1) is 3.57 Å². The highest BCUT2D eigenvalue weighted by Crippen LogP contribution is 2.27. The Morgan fingerprint density at radius 3 is 3.00 bits per heavy atom. The molecule has 1 unspecified atom stereocenters. The maximum Gasteiger partial charge on any atom is 0.253 e. The van der Waals surface area contributed by atoms with Gasteiger partial charge in [-0.2, -0.15) is 5.10 Å². The van der Waals surface area contributed by atoms with E-state index in [0.717, 1.165) is 35.2 Å². The maximum absolute atomic E-state index is 12.6. The minimum Gasteiger partial charge on any atom is -0.338 e. The summed E-state index contributed by atoms with van der Waals surface area (Å²) in [5.74, 6) is 0.391. The van der Waals surface area contributed by atoms with Gasteiger partial charge in [0.15, 0.2) is 0 Å². The lowest BCUT2D eigenvalue weighted by atomic mass is 9.94. The Morgan fingerprint density at radius 2 is 2.29 bits per heavy atom. The number of piperidine rings is 1. The summed E-state index contributed by atoms with van der Waals surface area (Å²) in [6.45, 7) is 1.53. The van der Waals surface area contributed by atoms with Crippen molar-refractivity contribution in [2.75, 3.05) is 13.1 Å². The first-order chi connectivity index (χ1) is 10.1. The van der Waals surface area contributed by atoms with Gasteiger partial charge in [-0.15, -0.1) is 0 Å². The van der Waals surface area contributed by atoms with E-state index in [1.165, 1.54) is 0 Å². The first kappa shape index (κ1) is 14.8.